The van der Waals surface area contributed by atoms with Crippen LogP contribution in [-0.4, -0.2) is 16.6 Å². The fraction of sp³-hybridized carbons (Fsp3) is 0.250. The van der Waals surface area contributed by atoms with Crippen LogP contribution in [0, 0.1) is 0 Å². The van der Waals surface area contributed by atoms with Crippen LogP contribution in [0.3, 0.4) is 0 Å². The Bertz CT molecular complexity index is 1030. The van der Waals surface area contributed by atoms with Gasteiger partial charge in [-0.05, 0) is 30.8 Å². The Morgan fingerprint density at radius 2 is 0.571 bits per heavy atom. The molecule has 35 heavy (non-hydrogen) atoms. The minimum atomic E-state index is -2.80. The summed E-state index contributed by atoms with van der Waals surface area (Å²) >= 11 is 0. The highest BCUT2D eigenvalue weighted by Crippen LogP contribution is 2.44. The summed E-state index contributed by atoms with van der Waals surface area (Å²) in [5.74, 6) is 0. The van der Waals surface area contributed by atoms with Gasteiger partial charge in [-0.2, -0.15) is 0 Å². The van der Waals surface area contributed by atoms with Crippen molar-refractivity contribution < 1.29 is 4.12 Å². The Kier molecular flexibility index (Phi) is 7.05. The van der Waals surface area contributed by atoms with Gasteiger partial charge >= 0.3 is 0 Å². The maximum atomic E-state index is 8.18. The average Bonchev–Trinajstić information content (AvgIpc) is 2.85. The van der Waals surface area contributed by atoms with Gasteiger partial charge in [0.05, 0.1) is 0 Å². The fourth-order valence-corrected chi connectivity index (χ4v) is 18.5. The third-order valence-electron chi connectivity index (χ3n) is 7.14. The Labute approximate surface area is 214 Å². The molecule has 0 saturated heterocycles. The summed E-state index contributed by atoms with van der Waals surface area (Å²) in [7, 11) is -5.60. The molecular formula is C32H38OSi2. The van der Waals surface area contributed by atoms with Crippen LogP contribution in [0.1, 0.15) is 41.5 Å². The lowest BCUT2D eigenvalue weighted by Crippen LogP contribution is -2.78. The van der Waals surface area contributed by atoms with E-state index >= 15 is 0 Å². The van der Waals surface area contributed by atoms with Crippen LogP contribution < -0.4 is 20.7 Å². The fourth-order valence-electron chi connectivity index (χ4n) is 5.53. The standard InChI is InChI=1S/C32H38OSi2/c1-31(2,3)34(27-19-11-7-12-20-27,28-21-13-8-14-22-28)33-35(32(4,5)6,29-23-15-9-16-24-29)30-25-17-10-18-26-30/h7-26H,1-6H3. The normalized spacial score (nSPS) is 13.0. The molecule has 0 aromatic heterocycles. The van der Waals surface area contributed by atoms with Gasteiger partial charge in [-0.1, -0.05) is 163 Å². The molecule has 0 aliphatic rings. The summed E-state index contributed by atoms with van der Waals surface area (Å²) < 4.78 is 8.18. The topological polar surface area (TPSA) is 9.23 Å². The highest BCUT2D eigenvalue weighted by atomic mass is 28.4. The summed E-state index contributed by atoms with van der Waals surface area (Å²) in [6, 6.07) is 44.1. The van der Waals surface area contributed by atoms with E-state index < -0.39 is 16.6 Å². The monoisotopic (exact) mass is 494 g/mol. The van der Waals surface area contributed by atoms with Crippen molar-refractivity contribution in [2.24, 2.45) is 0 Å². The molecule has 4 aromatic rings. The SMILES string of the molecule is CC(C)(C)[Si](O[Si](c1ccccc1)(c1ccccc1)C(C)(C)C)(c1ccccc1)c1ccccc1. The van der Waals surface area contributed by atoms with E-state index in [0.29, 0.717) is 0 Å². The number of rotatable bonds is 6. The van der Waals surface area contributed by atoms with Crippen molar-refractivity contribution in [3.05, 3.63) is 121 Å². The lowest BCUT2D eigenvalue weighted by atomic mass is 10.2. The molecule has 1 nitrogen and oxygen atoms in total. The van der Waals surface area contributed by atoms with Gasteiger partial charge in [-0.15, -0.1) is 0 Å². The molecule has 0 radical (unpaired) electrons. The molecule has 0 fully saturated rings. The molecule has 0 atom stereocenters. The summed E-state index contributed by atoms with van der Waals surface area (Å²) in [5, 5.41) is 5.11. The van der Waals surface area contributed by atoms with Crippen LogP contribution in [-0.2, 0) is 4.12 Å². The van der Waals surface area contributed by atoms with Gasteiger partial charge in [0, 0.05) is 0 Å². The smallest absolute Gasteiger partial charge is 0.251 e. The molecule has 0 amide bonds. The minimum absolute atomic E-state index is 0.0945. The second kappa shape index (κ2) is 9.73. The minimum Gasteiger partial charge on any atom is -0.441 e. The van der Waals surface area contributed by atoms with E-state index in [1.165, 1.54) is 20.7 Å². The first-order chi connectivity index (χ1) is 16.6. The van der Waals surface area contributed by atoms with Gasteiger partial charge in [-0.3, -0.25) is 0 Å². The highest BCUT2D eigenvalue weighted by molar-refractivity contribution is 7.11. The van der Waals surface area contributed by atoms with Gasteiger partial charge in [-0.25, -0.2) is 0 Å². The molecule has 4 rings (SSSR count). The first-order valence-corrected chi connectivity index (χ1v) is 16.4. The molecule has 0 aliphatic carbocycles. The average molecular weight is 495 g/mol. The van der Waals surface area contributed by atoms with Crippen LogP contribution in [0.15, 0.2) is 121 Å². The van der Waals surface area contributed by atoms with Gasteiger partial charge in [0.1, 0.15) is 0 Å². The molecule has 0 bridgehead atoms. The van der Waals surface area contributed by atoms with Crippen molar-refractivity contribution in [2.45, 2.75) is 51.6 Å². The quantitative estimate of drug-likeness (QED) is 0.293. The van der Waals surface area contributed by atoms with Crippen molar-refractivity contribution in [1.82, 2.24) is 0 Å². The number of hydrogen-bond donors (Lipinski definition) is 0. The third kappa shape index (κ3) is 4.49. The Balaban J connectivity index is 2.15. The van der Waals surface area contributed by atoms with E-state index in [0.717, 1.165) is 0 Å². The summed E-state index contributed by atoms with van der Waals surface area (Å²) in [6.07, 6.45) is 0. The first-order valence-electron chi connectivity index (χ1n) is 12.6. The summed E-state index contributed by atoms with van der Waals surface area (Å²) in [6.45, 7) is 14.2. The van der Waals surface area contributed by atoms with Crippen molar-refractivity contribution in [2.75, 3.05) is 0 Å². The van der Waals surface area contributed by atoms with Crippen molar-refractivity contribution in [1.29, 1.82) is 0 Å². The zero-order valence-electron chi connectivity index (χ0n) is 22.0. The molecule has 3 heteroatoms. The molecule has 180 valence electrons. The van der Waals surface area contributed by atoms with Gasteiger partial charge in [0.15, 0.2) is 0 Å². The van der Waals surface area contributed by atoms with Gasteiger partial charge in [0.25, 0.3) is 16.6 Å². The molecule has 0 spiro atoms. The lowest BCUT2D eigenvalue weighted by Gasteiger charge is -2.53. The third-order valence-corrected chi connectivity index (χ3v) is 18.4. The van der Waals surface area contributed by atoms with Crippen LogP contribution in [0.2, 0.25) is 10.1 Å². The largest absolute Gasteiger partial charge is 0.441 e. The molecule has 0 aliphatic heterocycles. The highest BCUT2D eigenvalue weighted by Gasteiger charge is 2.60. The first kappa shape index (κ1) is 25.4. The van der Waals surface area contributed by atoms with E-state index in [1.807, 2.05) is 0 Å². The van der Waals surface area contributed by atoms with Gasteiger partial charge in [0.2, 0.25) is 0 Å². The van der Waals surface area contributed by atoms with E-state index in [4.69, 9.17) is 4.12 Å². The van der Waals surface area contributed by atoms with E-state index in [1.54, 1.807) is 0 Å². The molecular weight excluding hydrogens is 457 g/mol. The van der Waals surface area contributed by atoms with Crippen molar-refractivity contribution in [3.63, 3.8) is 0 Å². The second-order valence-corrected chi connectivity index (χ2v) is 20.3. The number of hydrogen-bond acceptors (Lipinski definition) is 1. The molecule has 4 aromatic carbocycles. The zero-order valence-corrected chi connectivity index (χ0v) is 24.0. The molecule has 0 unspecified atom stereocenters. The Hall–Kier alpha value is -2.73. The zero-order chi connectivity index (χ0) is 25.2. The van der Waals surface area contributed by atoms with E-state index in [2.05, 4.69) is 163 Å². The molecule has 0 heterocycles. The predicted molar refractivity (Wildman–Crippen MR) is 156 cm³/mol. The number of benzene rings is 4. The van der Waals surface area contributed by atoms with Crippen LogP contribution in [0.5, 0.6) is 0 Å². The maximum absolute atomic E-state index is 8.18. The van der Waals surface area contributed by atoms with Crippen LogP contribution in [0.25, 0.3) is 0 Å². The van der Waals surface area contributed by atoms with E-state index in [9.17, 15) is 0 Å². The van der Waals surface area contributed by atoms with Crippen LogP contribution >= 0.6 is 0 Å². The van der Waals surface area contributed by atoms with Crippen molar-refractivity contribution in [3.8, 4) is 0 Å². The summed E-state index contributed by atoms with van der Waals surface area (Å²) in [5.41, 5.74) is 0. The predicted octanol–water partition coefficient (Wildman–Crippen LogP) is 6.12. The van der Waals surface area contributed by atoms with Crippen molar-refractivity contribution >= 4 is 37.4 Å². The van der Waals surface area contributed by atoms with Gasteiger partial charge < -0.3 is 4.12 Å². The Morgan fingerprint density at radius 3 is 0.743 bits per heavy atom. The maximum Gasteiger partial charge on any atom is 0.251 e. The Morgan fingerprint density at radius 1 is 0.371 bits per heavy atom. The second-order valence-electron chi connectivity index (χ2n) is 11.4. The lowest BCUT2D eigenvalue weighted by molar-refractivity contribution is 0.475. The molecule has 0 N–H and O–H groups in total. The molecule has 0 saturated carbocycles. The van der Waals surface area contributed by atoms with Crippen LogP contribution in [0.4, 0.5) is 0 Å². The summed E-state index contributed by atoms with van der Waals surface area (Å²) in [4.78, 5) is 0. The van der Waals surface area contributed by atoms with E-state index in [-0.39, 0.29) is 10.1 Å².